The van der Waals surface area contributed by atoms with Crippen molar-refractivity contribution in [3.8, 4) is 0 Å². The smallest absolute Gasteiger partial charge is 0.251 e. The summed E-state index contributed by atoms with van der Waals surface area (Å²) in [6, 6.07) is 18.2. The molecule has 1 aliphatic rings. The van der Waals surface area contributed by atoms with Gasteiger partial charge in [-0.2, -0.15) is 0 Å². The molecule has 2 aromatic carbocycles. The lowest BCUT2D eigenvalue weighted by molar-refractivity contribution is -0.140. The summed E-state index contributed by atoms with van der Waals surface area (Å²) in [5, 5.41) is 2.78. The number of nitrogens with one attached hydrogen (secondary N) is 1. The van der Waals surface area contributed by atoms with E-state index in [0.29, 0.717) is 25.3 Å². The molecule has 0 spiro atoms. The molecule has 0 aliphatic carbocycles. The van der Waals surface area contributed by atoms with Crippen LogP contribution in [0.3, 0.4) is 0 Å². The van der Waals surface area contributed by atoms with Crippen molar-refractivity contribution in [1.82, 2.24) is 10.2 Å². The Morgan fingerprint density at radius 1 is 1.08 bits per heavy atom. The lowest BCUT2D eigenvalue weighted by Gasteiger charge is -2.34. The van der Waals surface area contributed by atoms with Gasteiger partial charge in [0.15, 0.2) is 0 Å². The maximum Gasteiger partial charge on any atom is 0.251 e. The largest absolute Gasteiger partial charge is 0.370 e. The Balaban J connectivity index is 1.61. The van der Waals surface area contributed by atoms with Gasteiger partial charge in [0.1, 0.15) is 12.1 Å². The van der Waals surface area contributed by atoms with Crippen molar-refractivity contribution in [2.75, 3.05) is 19.7 Å². The molecule has 1 saturated heterocycles. The predicted molar refractivity (Wildman–Crippen MR) is 95.1 cm³/mol. The molecule has 25 heavy (non-hydrogen) atoms. The number of carbonyl (C=O) groups is 2. The molecular weight excluding hydrogens is 316 g/mol. The molecule has 0 bridgehead atoms. The van der Waals surface area contributed by atoms with Gasteiger partial charge in [-0.05, 0) is 24.6 Å². The predicted octanol–water partition coefficient (Wildman–Crippen LogP) is 2.41. The minimum absolute atomic E-state index is 0.0893. The second-order valence-corrected chi connectivity index (χ2v) is 6.12. The first kappa shape index (κ1) is 17.2. The zero-order chi connectivity index (χ0) is 17.6. The van der Waals surface area contributed by atoms with Crippen LogP contribution in [-0.4, -0.2) is 42.5 Å². The van der Waals surface area contributed by atoms with Gasteiger partial charge in [0.2, 0.25) is 5.91 Å². The van der Waals surface area contributed by atoms with E-state index in [-0.39, 0.29) is 17.9 Å². The lowest BCUT2D eigenvalue weighted by Crippen LogP contribution is -2.51. The Bertz CT molecular complexity index is 718. The van der Waals surface area contributed by atoms with Crippen molar-refractivity contribution >= 4 is 11.8 Å². The molecular formula is C20H22N2O3. The van der Waals surface area contributed by atoms with Crippen LogP contribution < -0.4 is 5.32 Å². The van der Waals surface area contributed by atoms with Crippen LogP contribution in [0.15, 0.2) is 60.7 Å². The topological polar surface area (TPSA) is 58.6 Å². The molecule has 2 aromatic rings. The fourth-order valence-corrected chi connectivity index (χ4v) is 2.92. The molecule has 1 fully saturated rings. The van der Waals surface area contributed by atoms with Gasteiger partial charge in [0, 0.05) is 12.1 Å². The number of morpholine rings is 1. The van der Waals surface area contributed by atoms with Crippen LogP contribution in [0, 0.1) is 0 Å². The summed E-state index contributed by atoms with van der Waals surface area (Å²) in [6.07, 6.45) is -0.129. The van der Waals surface area contributed by atoms with E-state index in [9.17, 15) is 9.59 Å². The summed E-state index contributed by atoms with van der Waals surface area (Å²) in [5.41, 5.74) is 1.60. The van der Waals surface area contributed by atoms with E-state index in [1.165, 1.54) is 0 Å². The average Bonchev–Trinajstić information content (AvgIpc) is 2.68. The van der Waals surface area contributed by atoms with Crippen LogP contribution in [0.5, 0.6) is 0 Å². The van der Waals surface area contributed by atoms with Gasteiger partial charge in [0.25, 0.3) is 5.91 Å². The van der Waals surface area contributed by atoms with Crippen LogP contribution in [0.2, 0.25) is 0 Å². The first-order chi connectivity index (χ1) is 12.1. The first-order valence-corrected chi connectivity index (χ1v) is 8.46. The third kappa shape index (κ3) is 4.25. The first-order valence-electron chi connectivity index (χ1n) is 8.46. The maximum atomic E-state index is 12.7. The number of benzene rings is 2. The molecule has 0 radical (unpaired) electrons. The van der Waals surface area contributed by atoms with Crippen LogP contribution in [0.25, 0.3) is 0 Å². The van der Waals surface area contributed by atoms with E-state index in [1.54, 1.807) is 36.1 Å². The molecule has 0 aromatic heterocycles. The number of hydrogen-bond acceptors (Lipinski definition) is 3. The zero-order valence-electron chi connectivity index (χ0n) is 14.2. The Morgan fingerprint density at radius 3 is 2.40 bits per heavy atom. The van der Waals surface area contributed by atoms with Crippen molar-refractivity contribution in [1.29, 1.82) is 0 Å². The van der Waals surface area contributed by atoms with E-state index < -0.39 is 6.04 Å². The molecule has 130 valence electrons. The summed E-state index contributed by atoms with van der Waals surface area (Å²) in [5.74, 6) is -0.331. The summed E-state index contributed by atoms with van der Waals surface area (Å²) in [4.78, 5) is 26.7. The minimum atomic E-state index is -0.581. The second kappa shape index (κ2) is 7.94. The summed E-state index contributed by atoms with van der Waals surface area (Å²) in [6.45, 7) is 3.24. The number of ether oxygens (including phenoxy) is 1. The summed E-state index contributed by atoms with van der Waals surface area (Å²) in [7, 11) is 0. The number of hydrogen-bond donors (Lipinski definition) is 1. The molecule has 3 rings (SSSR count). The number of amides is 2. The van der Waals surface area contributed by atoms with Crippen LogP contribution in [0.4, 0.5) is 0 Å². The van der Waals surface area contributed by atoms with Gasteiger partial charge >= 0.3 is 0 Å². The number of carbonyl (C=O) groups excluding carboxylic acids is 2. The zero-order valence-corrected chi connectivity index (χ0v) is 14.2. The fourth-order valence-electron chi connectivity index (χ4n) is 2.92. The molecule has 1 aliphatic heterocycles. The minimum Gasteiger partial charge on any atom is -0.370 e. The quantitative estimate of drug-likeness (QED) is 0.931. The van der Waals surface area contributed by atoms with E-state index in [4.69, 9.17) is 4.74 Å². The van der Waals surface area contributed by atoms with Gasteiger partial charge < -0.3 is 15.0 Å². The Morgan fingerprint density at radius 2 is 1.72 bits per heavy atom. The lowest BCUT2D eigenvalue weighted by atomic mass is 10.1. The molecule has 1 unspecified atom stereocenters. The van der Waals surface area contributed by atoms with Crippen molar-refractivity contribution in [3.05, 3.63) is 71.8 Å². The molecule has 5 nitrogen and oxygen atoms in total. The van der Waals surface area contributed by atoms with Crippen LogP contribution in [-0.2, 0) is 9.53 Å². The van der Waals surface area contributed by atoms with Gasteiger partial charge in [-0.3, -0.25) is 9.59 Å². The van der Waals surface area contributed by atoms with Crippen molar-refractivity contribution in [2.24, 2.45) is 0 Å². The highest BCUT2D eigenvalue weighted by molar-refractivity contribution is 5.97. The van der Waals surface area contributed by atoms with Gasteiger partial charge in [-0.15, -0.1) is 0 Å². The highest BCUT2D eigenvalue weighted by Gasteiger charge is 2.28. The van der Waals surface area contributed by atoms with Gasteiger partial charge in [0.05, 0.1) is 13.2 Å². The Hall–Kier alpha value is -2.66. The molecule has 1 N–H and O–H groups in total. The second-order valence-electron chi connectivity index (χ2n) is 6.12. The van der Waals surface area contributed by atoms with Gasteiger partial charge in [-0.25, -0.2) is 0 Å². The number of nitrogens with zero attached hydrogens (tertiary/aromatic N) is 1. The average molecular weight is 338 g/mol. The van der Waals surface area contributed by atoms with Crippen LogP contribution in [0.1, 0.15) is 28.9 Å². The van der Waals surface area contributed by atoms with E-state index >= 15 is 0 Å². The van der Waals surface area contributed by atoms with E-state index in [0.717, 1.165) is 5.56 Å². The summed E-state index contributed by atoms with van der Waals surface area (Å²) >= 11 is 0. The third-order valence-electron chi connectivity index (χ3n) is 4.30. The molecule has 2 atom stereocenters. The van der Waals surface area contributed by atoms with Crippen molar-refractivity contribution in [2.45, 2.75) is 19.1 Å². The van der Waals surface area contributed by atoms with Crippen molar-refractivity contribution in [3.63, 3.8) is 0 Å². The molecule has 2 amide bonds. The molecule has 1 heterocycles. The number of rotatable bonds is 4. The summed E-state index contributed by atoms with van der Waals surface area (Å²) < 4.78 is 5.79. The SMILES string of the molecule is C[C@@H](NC(=O)c1ccccc1)C(=O)N1CCOC(c2ccccc2)C1. The van der Waals surface area contributed by atoms with Crippen molar-refractivity contribution < 1.29 is 14.3 Å². The Kier molecular flexibility index (Phi) is 5.46. The highest BCUT2D eigenvalue weighted by Crippen LogP contribution is 2.22. The molecule has 0 saturated carbocycles. The van der Waals surface area contributed by atoms with E-state index in [1.807, 2.05) is 36.4 Å². The standard InChI is InChI=1S/C20H22N2O3/c1-15(21-19(23)17-10-6-3-7-11-17)20(24)22-12-13-25-18(14-22)16-8-4-2-5-9-16/h2-11,15,18H,12-14H2,1H3,(H,21,23)/t15-,18?/m1/s1. The Labute approximate surface area is 147 Å². The normalized spacial score (nSPS) is 18.4. The fraction of sp³-hybridized carbons (Fsp3) is 0.300. The van der Waals surface area contributed by atoms with E-state index in [2.05, 4.69) is 5.32 Å². The highest BCUT2D eigenvalue weighted by atomic mass is 16.5. The van der Waals surface area contributed by atoms with Gasteiger partial charge in [-0.1, -0.05) is 48.5 Å². The third-order valence-corrected chi connectivity index (χ3v) is 4.30. The molecule has 5 heteroatoms. The maximum absolute atomic E-state index is 12.7. The monoisotopic (exact) mass is 338 g/mol. The van der Waals surface area contributed by atoms with Crippen LogP contribution >= 0.6 is 0 Å².